The first-order valence-corrected chi connectivity index (χ1v) is 6.67. The molecule has 92 valence electrons. The van der Waals surface area contributed by atoms with Gasteiger partial charge in [0.1, 0.15) is 5.82 Å². The van der Waals surface area contributed by atoms with Crippen LogP contribution in [0.2, 0.25) is 0 Å². The van der Waals surface area contributed by atoms with Crippen molar-refractivity contribution in [2.45, 2.75) is 32.7 Å². The summed E-state index contributed by atoms with van der Waals surface area (Å²) in [6.07, 6.45) is 0.948. The van der Waals surface area contributed by atoms with E-state index in [0.29, 0.717) is 9.24 Å². The molecule has 1 N–H and O–H groups in total. The molecule has 0 saturated carbocycles. The smallest absolute Gasteiger partial charge is 0.178 e. The Morgan fingerprint density at radius 1 is 1.47 bits per heavy atom. The number of hydrogen-bond acceptors (Lipinski definition) is 1. The SMILES string of the molecule is CCC(C)(C)n1c(=S)[nH]c2cc(F)c(Br)cc21. The Morgan fingerprint density at radius 3 is 2.71 bits per heavy atom. The molecule has 1 heterocycles. The zero-order chi connectivity index (χ0) is 12.8. The number of nitrogens with one attached hydrogen (secondary N) is 1. The summed E-state index contributed by atoms with van der Waals surface area (Å²) in [5.74, 6) is -0.282. The average molecular weight is 317 g/mol. The molecule has 0 aliphatic rings. The minimum Gasteiger partial charge on any atom is -0.330 e. The van der Waals surface area contributed by atoms with Crippen molar-refractivity contribution in [2.24, 2.45) is 0 Å². The van der Waals surface area contributed by atoms with Crippen molar-refractivity contribution in [1.29, 1.82) is 0 Å². The molecule has 2 nitrogen and oxygen atoms in total. The largest absolute Gasteiger partial charge is 0.330 e. The molecule has 0 fully saturated rings. The second-order valence-corrected chi connectivity index (χ2v) is 5.96. The lowest BCUT2D eigenvalue weighted by Crippen LogP contribution is -2.25. The van der Waals surface area contributed by atoms with Crippen LogP contribution in [-0.2, 0) is 5.54 Å². The minimum atomic E-state index is -0.282. The highest BCUT2D eigenvalue weighted by Gasteiger charge is 2.22. The van der Waals surface area contributed by atoms with Crippen LogP contribution in [0.25, 0.3) is 11.0 Å². The summed E-state index contributed by atoms with van der Waals surface area (Å²) in [7, 11) is 0. The minimum absolute atomic E-state index is 0.0907. The van der Waals surface area contributed by atoms with E-state index in [2.05, 4.69) is 41.7 Å². The van der Waals surface area contributed by atoms with Crippen LogP contribution in [0.15, 0.2) is 16.6 Å². The van der Waals surface area contributed by atoms with E-state index in [0.717, 1.165) is 17.5 Å². The Labute approximate surface area is 113 Å². The van der Waals surface area contributed by atoms with Gasteiger partial charge < -0.3 is 9.55 Å². The number of hydrogen-bond donors (Lipinski definition) is 1. The predicted octanol–water partition coefficient (Wildman–Crippen LogP) is 4.75. The standard InChI is InChI=1S/C12H14BrFN2S/c1-4-12(2,3)16-10-5-7(13)8(14)6-9(10)15-11(16)17/h5-6H,4H2,1-3H3,(H,15,17). The molecule has 0 amide bonds. The van der Waals surface area contributed by atoms with E-state index in [9.17, 15) is 4.39 Å². The van der Waals surface area contributed by atoms with Crippen molar-refractivity contribution in [3.05, 3.63) is 27.2 Å². The molecule has 5 heteroatoms. The van der Waals surface area contributed by atoms with Crippen LogP contribution in [0.4, 0.5) is 4.39 Å². The third kappa shape index (κ3) is 2.06. The quantitative estimate of drug-likeness (QED) is 0.793. The summed E-state index contributed by atoms with van der Waals surface area (Å²) < 4.78 is 16.6. The number of rotatable bonds is 2. The van der Waals surface area contributed by atoms with E-state index in [1.165, 1.54) is 6.07 Å². The van der Waals surface area contributed by atoms with Crippen LogP contribution in [0.5, 0.6) is 0 Å². The van der Waals surface area contributed by atoms with Crippen LogP contribution in [-0.4, -0.2) is 9.55 Å². The molecule has 2 rings (SSSR count). The fourth-order valence-electron chi connectivity index (χ4n) is 1.86. The summed E-state index contributed by atoms with van der Waals surface area (Å²) in [6, 6.07) is 3.24. The molecule has 0 aliphatic carbocycles. The number of benzene rings is 1. The van der Waals surface area contributed by atoms with Gasteiger partial charge in [0, 0.05) is 11.6 Å². The van der Waals surface area contributed by atoms with E-state index in [4.69, 9.17) is 12.2 Å². The maximum Gasteiger partial charge on any atom is 0.178 e. The first-order chi connectivity index (χ1) is 7.86. The Kier molecular flexibility index (Phi) is 3.16. The van der Waals surface area contributed by atoms with Gasteiger partial charge in [0.15, 0.2) is 4.77 Å². The lowest BCUT2D eigenvalue weighted by molar-refractivity contribution is 0.348. The number of fused-ring (bicyclic) bond motifs is 1. The van der Waals surface area contributed by atoms with Gasteiger partial charge in [0.2, 0.25) is 0 Å². The molecular formula is C12H14BrFN2S. The van der Waals surface area contributed by atoms with Crippen LogP contribution in [0, 0.1) is 10.6 Å². The Bertz CT molecular complexity index is 627. The fraction of sp³-hybridized carbons (Fsp3) is 0.417. The third-order valence-electron chi connectivity index (χ3n) is 3.19. The number of H-pyrrole nitrogens is 1. The van der Waals surface area contributed by atoms with Crippen molar-refractivity contribution < 1.29 is 4.39 Å². The van der Waals surface area contributed by atoms with E-state index in [-0.39, 0.29) is 11.4 Å². The van der Waals surface area contributed by atoms with Gasteiger partial charge in [-0.05, 0) is 54.5 Å². The van der Waals surface area contributed by atoms with Gasteiger partial charge in [-0.25, -0.2) is 4.39 Å². The van der Waals surface area contributed by atoms with E-state index in [1.54, 1.807) is 6.07 Å². The highest BCUT2D eigenvalue weighted by Crippen LogP contribution is 2.29. The first kappa shape index (κ1) is 12.8. The Balaban J connectivity index is 2.85. The summed E-state index contributed by atoms with van der Waals surface area (Å²) >= 11 is 8.54. The van der Waals surface area contributed by atoms with Crippen molar-refractivity contribution in [1.82, 2.24) is 9.55 Å². The van der Waals surface area contributed by atoms with Crippen molar-refractivity contribution in [3.63, 3.8) is 0 Å². The predicted molar refractivity (Wildman–Crippen MR) is 74.4 cm³/mol. The van der Waals surface area contributed by atoms with Crippen LogP contribution >= 0.6 is 28.1 Å². The van der Waals surface area contributed by atoms with Gasteiger partial charge in [0.05, 0.1) is 15.5 Å². The summed E-state index contributed by atoms with van der Waals surface area (Å²) in [6.45, 7) is 6.35. The van der Waals surface area contributed by atoms with Gasteiger partial charge in [-0.2, -0.15) is 0 Å². The van der Waals surface area contributed by atoms with Gasteiger partial charge in [0.25, 0.3) is 0 Å². The zero-order valence-electron chi connectivity index (χ0n) is 9.97. The molecule has 1 aromatic carbocycles. The number of halogens is 2. The number of aromatic amines is 1. The molecule has 2 aromatic rings. The van der Waals surface area contributed by atoms with Crippen molar-refractivity contribution in [3.8, 4) is 0 Å². The molecule has 0 aliphatic heterocycles. The highest BCUT2D eigenvalue weighted by molar-refractivity contribution is 9.10. The molecule has 0 unspecified atom stereocenters. The highest BCUT2D eigenvalue weighted by atomic mass is 79.9. The summed E-state index contributed by atoms with van der Waals surface area (Å²) in [4.78, 5) is 3.05. The van der Waals surface area contributed by atoms with Gasteiger partial charge in [-0.1, -0.05) is 6.92 Å². The van der Waals surface area contributed by atoms with Crippen LogP contribution in [0.1, 0.15) is 27.2 Å². The second kappa shape index (κ2) is 4.21. The third-order valence-corrected chi connectivity index (χ3v) is 4.09. The molecule has 0 atom stereocenters. The first-order valence-electron chi connectivity index (χ1n) is 5.47. The van der Waals surface area contributed by atoms with Crippen molar-refractivity contribution >= 4 is 39.2 Å². The second-order valence-electron chi connectivity index (χ2n) is 4.72. The Hall–Kier alpha value is -0.680. The number of nitrogens with zero attached hydrogens (tertiary/aromatic N) is 1. The lowest BCUT2D eigenvalue weighted by Gasteiger charge is -2.25. The monoisotopic (exact) mass is 316 g/mol. The fourth-order valence-corrected chi connectivity index (χ4v) is 2.65. The topological polar surface area (TPSA) is 20.7 Å². The zero-order valence-corrected chi connectivity index (χ0v) is 12.4. The maximum atomic E-state index is 13.5. The van der Waals surface area contributed by atoms with Gasteiger partial charge in [-0.3, -0.25) is 0 Å². The molecule has 17 heavy (non-hydrogen) atoms. The summed E-state index contributed by atoms with van der Waals surface area (Å²) in [5.41, 5.74) is 1.57. The average Bonchev–Trinajstić information content (AvgIpc) is 2.55. The Morgan fingerprint density at radius 2 is 2.12 bits per heavy atom. The molecular weight excluding hydrogens is 303 g/mol. The van der Waals surface area contributed by atoms with Crippen LogP contribution < -0.4 is 0 Å². The normalized spacial score (nSPS) is 12.3. The van der Waals surface area contributed by atoms with Crippen molar-refractivity contribution in [2.75, 3.05) is 0 Å². The van der Waals surface area contributed by atoms with E-state index in [1.807, 2.05) is 4.57 Å². The molecule has 0 saturated heterocycles. The molecule has 0 radical (unpaired) electrons. The van der Waals surface area contributed by atoms with Gasteiger partial charge in [-0.15, -0.1) is 0 Å². The number of imidazole rings is 1. The molecule has 0 spiro atoms. The van der Waals surface area contributed by atoms with Gasteiger partial charge >= 0.3 is 0 Å². The van der Waals surface area contributed by atoms with Crippen LogP contribution in [0.3, 0.4) is 0 Å². The van der Waals surface area contributed by atoms with E-state index >= 15 is 0 Å². The molecule has 1 aromatic heterocycles. The summed E-state index contributed by atoms with van der Waals surface area (Å²) in [5, 5.41) is 0. The molecule has 0 bridgehead atoms. The van der Waals surface area contributed by atoms with E-state index < -0.39 is 0 Å². The lowest BCUT2D eigenvalue weighted by atomic mass is 10.0. The maximum absolute atomic E-state index is 13.5. The number of aromatic nitrogens is 2.